The molecule has 1 aromatic carbocycles. The predicted molar refractivity (Wildman–Crippen MR) is 84.1 cm³/mol. The summed E-state index contributed by atoms with van der Waals surface area (Å²) in [5.41, 5.74) is 2.11. The number of hydrogen-bond donors (Lipinski definition) is 1. The minimum absolute atomic E-state index is 0.115. The summed E-state index contributed by atoms with van der Waals surface area (Å²) in [5.74, 6) is 0.518. The van der Waals surface area contributed by atoms with Gasteiger partial charge < -0.3 is 5.32 Å². The van der Waals surface area contributed by atoms with Crippen LogP contribution in [0.5, 0.6) is 0 Å². The molecule has 1 aliphatic rings. The Morgan fingerprint density at radius 1 is 1.25 bits per heavy atom. The lowest BCUT2D eigenvalue weighted by atomic mass is 9.83. The van der Waals surface area contributed by atoms with Gasteiger partial charge in [0.25, 0.3) is 0 Å². The van der Waals surface area contributed by atoms with E-state index in [9.17, 15) is 4.39 Å². The van der Waals surface area contributed by atoms with Crippen molar-refractivity contribution in [2.75, 3.05) is 13.1 Å². The lowest BCUT2D eigenvalue weighted by Crippen LogP contribution is -2.23. The first-order valence-electron chi connectivity index (χ1n) is 7.97. The molecule has 0 aromatic heterocycles. The average molecular weight is 275 g/mol. The van der Waals surface area contributed by atoms with Crippen molar-refractivity contribution in [1.29, 1.82) is 0 Å². The number of hydrogen-bond acceptors (Lipinski definition) is 1. The summed E-state index contributed by atoms with van der Waals surface area (Å²) in [6.45, 7) is 4.10. The zero-order valence-electron chi connectivity index (χ0n) is 12.5. The normalized spacial score (nSPS) is 17.4. The van der Waals surface area contributed by atoms with E-state index in [1.807, 2.05) is 12.1 Å². The Kier molecular flexibility index (Phi) is 6.25. The van der Waals surface area contributed by atoms with Gasteiger partial charge in [-0.25, -0.2) is 4.39 Å². The summed E-state index contributed by atoms with van der Waals surface area (Å²) < 4.78 is 13.8. The first-order chi connectivity index (χ1) is 9.81. The molecule has 1 aromatic rings. The van der Waals surface area contributed by atoms with E-state index >= 15 is 0 Å². The van der Waals surface area contributed by atoms with E-state index < -0.39 is 0 Å². The van der Waals surface area contributed by atoms with Gasteiger partial charge in [-0.3, -0.25) is 0 Å². The molecule has 0 saturated heterocycles. The fourth-order valence-corrected chi connectivity index (χ4v) is 2.99. The summed E-state index contributed by atoms with van der Waals surface area (Å²) >= 11 is 0. The maximum Gasteiger partial charge on any atom is 0.130 e. The highest BCUT2D eigenvalue weighted by molar-refractivity contribution is 5.54. The monoisotopic (exact) mass is 275 g/mol. The van der Waals surface area contributed by atoms with Crippen molar-refractivity contribution in [3.05, 3.63) is 41.2 Å². The van der Waals surface area contributed by atoms with E-state index in [0.717, 1.165) is 25.1 Å². The van der Waals surface area contributed by atoms with Crippen LogP contribution in [0.25, 0.3) is 6.08 Å². The molecule has 20 heavy (non-hydrogen) atoms. The maximum absolute atomic E-state index is 13.8. The highest BCUT2D eigenvalue weighted by Gasteiger charge is 2.17. The molecule has 1 N–H and O–H groups in total. The minimum atomic E-state index is -0.115. The van der Waals surface area contributed by atoms with Crippen LogP contribution in [0.4, 0.5) is 4.39 Å². The zero-order chi connectivity index (χ0) is 14.2. The molecule has 1 fully saturated rings. The van der Waals surface area contributed by atoms with Gasteiger partial charge in [0, 0.05) is 12.1 Å². The van der Waals surface area contributed by atoms with Gasteiger partial charge in [0.15, 0.2) is 0 Å². The molecule has 110 valence electrons. The molecular formula is C18H26FN. The Morgan fingerprint density at radius 3 is 2.70 bits per heavy atom. The molecule has 0 amide bonds. The Bertz CT molecular complexity index is 433. The Balaban J connectivity index is 2.13. The van der Waals surface area contributed by atoms with E-state index in [1.165, 1.54) is 37.7 Å². The Morgan fingerprint density at radius 2 is 2.00 bits per heavy atom. The highest BCUT2D eigenvalue weighted by atomic mass is 19.1. The SMILES string of the molecule is CCCNC/C(=C/c1ccccc1F)C1CCCCC1. The Hall–Kier alpha value is -1.15. The molecule has 1 aliphatic carbocycles. The molecule has 1 nitrogen and oxygen atoms in total. The van der Waals surface area contributed by atoms with E-state index in [2.05, 4.69) is 18.3 Å². The van der Waals surface area contributed by atoms with Crippen LogP contribution in [0.2, 0.25) is 0 Å². The van der Waals surface area contributed by atoms with Crippen LogP contribution in [0.15, 0.2) is 29.8 Å². The van der Waals surface area contributed by atoms with Gasteiger partial charge in [0.05, 0.1) is 0 Å². The van der Waals surface area contributed by atoms with Crippen molar-refractivity contribution >= 4 is 6.08 Å². The summed E-state index contributed by atoms with van der Waals surface area (Å²) in [4.78, 5) is 0. The third-order valence-electron chi connectivity index (χ3n) is 4.13. The predicted octanol–water partition coefficient (Wildman–Crippen LogP) is 4.79. The molecule has 0 bridgehead atoms. The van der Waals surface area contributed by atoms with Crippen LogP contribution in [0, 0.1) is 11.7 Å². The zero-order valence-corrected chi connectivity index (χ0v) is 12.5. The quantitative estimate of drug-likeness (QED) is 0.736. The average Bonchev–Trinajstić information content (AvgIpc) is 2.49. The number of benzene rings is 1. The van der Waals surface area contributed by atoms with Crippen LogP contribution in [-0.2, 0) is 0 Å². The van der Waals surface area contributed by atoms with Gasteiger partial charge in [-0.2, -0.15) is 0 Å². The van der Waals surface area contributed by atoms with Crippen molar-refractivity contribution in [1.82, 2.24) is 5.32 Å². The van der Waals surface area contributed by atoms with Crippen molar-refractivity contribution in [3.8, 4) is 0 Å². The van der Waals surface area contributed by atoms with Crippen LogP contribution in [-0.4, -0.2) is 13.1 Å². The largest absolute Gasteiger partial charge is 0.313 e. The van der Waals surface area contributed by atoms with Crippen molar-refractivity contribution in [3.63, 3.8) is 0 Å². The molecule has 2 heteroatoms. The topological polar surface area (TPSA) is 12.0 Å². The highest BCUT2D eigenvalue weighted by Crippen LogP contribution is 2.30. The smallest absolute Gasteiger partial charge is 0.130 e. The van der Waals surface area contributed by atoms with E-state index in [4.69, 9.17) is 0 Å². The summed E-state index contributed by atoms with van der Waals surface area (Å²) in [6, 6.07) is 7.08. The third-order valence-corrected chi connectivity index (χ3v) is 4.13. The number of nitrogens with one attached hydrogen (secondary N) is 1. The number of rotatable bonds is 6. The van der Waals surface area contributed by atoms with E-state index in [0.29, 0.717) is 5.92 Å². The standard InChI is InChI=1S/C18H26FN/c1-2-12-20-14-17(15-8-4-3-5-9-15)13-16-10-6-7-11-18(16)19/h6-7,10-11,13,15,20H,2-5,8-9,12,14H2,1H3/b17-13-. The van der Waals surface area contributed by atoms with Gasteiger partial charge in [0.1, 0.15) is 5.82 Å². The van der Waals surface area contributed by atoms with Gasteiger partial charge in [-0.1, -0.05) is 56.0 Å². The summed E-state index contributed by atoms with van der Waals surface area (Å²) in [5, 5.41) is 3.48. The fourth-order valence-electron chi connectivity index (χ4n) is 2.99. The van der Waals surface area contributed by atoms with Gasteiger partial charge in [-0.05, 0) is 37.8 Å². The Labute approximate surface area is 122 Å². The second-order valence-electron chi connectivity index (χ2n) is 5.75. The number of halogens is 1. The first kappa shape index (κ1) is 15.2. The van der Waals surface area contributed by atoms with Gasteiger partial charge in [-0.15, -0.1) is 0 Å². The van der Waals surface area contributed by atoms with Gasteiger partial charge in [0.2, 0.25) is 0 Å². The third kappa shape index (κ3) is 4.45. The molecule has 0 aliphatic heterocycles. The minimum Gasteiger partial charge on any atom is -0.313 e. The van der Waals surface area contributed by atoms with Crippen molar-refractivity contribution in [2.45, 2.75) is 45.4 Å². The van der Waals surface area contributed by atoms with Crippen LogP contribution in [0.1, 0.15) is 51.0 Å². The van der Waals surface area contributed by atoms with Crippen molar-refractivity contribution < 1.29 is 4.39 Å². The lowest BCUT2D eigenvalue weighted by Gasteiger charge is -2.25. The maximum atomic E-state index is 13.8. The molecule has 0 spiro atoms. The molecule has 0 atom stereocenters. The van der Waals surface area contributed by atoms with Crippen molar-refractivity contribution in [2.24, 2.45) is 5.92 Å². The molecule has 1 saturated carbocycles. The van der Waals surface area contributed by atoms with Crippen LogP contribution in [0.3, 0.4) is 0 Å². The molecular weight excluding hydrogens is 249 g/mol. The van der Waals surface area contributed by atoms with E-state index in [-0.39, 0.29) is 5.82 Å². The molecule has 0 heterocycles. The lowest BCUT2D eigenvalue weighted by molar-refractivity contribution is 0.396. The van der Waals surface area contributed by atoms with Crippen LogP contribution >= 0.6 is 0 Å². The summed E-state index contributed by atoms with van der Waals surface area (Å²) in [7, 11) is 0. The second kappa shape index (κ2) is 8.21. The van der Waals surface area contributed by atoms with Gasteiger partial charge >= 0.3 is 0 Å². The van der Waals surface area contributed by atoms with Crippen LogP contribution < -0.4 is 5.32 Å². The van der Waals surface area contributed by atoms with E-state index in [1.54, 1.807) is 12.1 Å². The molecule has 0 unspecified atom stereocenters. The second-order valence-corrected chi connectivity index (χ2v) is 5.75. The first-order valence-corrected chi connectivity index (χ1v) is 7.97. The fraction of sp³-hybridized carbons (Fsp3) is 0.556. The summed E-state index contributed by atoms with van der Waals surface area (Å²) in [6.07, 6.45) is 9.71. The molecule has 2 rings (SSSR count). The molecule has 0 radical (unpaired) electrons.